The van der Waals surface area contributed by atoms with Crippen LogP contribution in [0.1, 0.15) is 0 Å². The first-order valence-corrected chi connectivity index (χ1v) is 12.7. The van der Waals surface area contributed by atoms with Gasteiger partial charge in [0.1, 0.15) is 0 Å². The molecule has 0 aromatic heterocycles. The van der Waals surface area contributed by atoms with Gasteiger partial charge in [-0.15, -0.1) is 0 Å². The molecule has 0 saturated carbocycles. The van der Waals surface area contributed by atoms with E-state index in [9.17, 15) is 0 Å². The summed E-state index contributed by atoms with van der Waals surface area (Å²) in [6, 6.07) is 0. The van der Waals surface area contributed by atoms with Gasteiger partial charge in [-0.1, -0.05) is 0 Å². The highest BCUT2D eigenvalue weighted by Crippen LogP contribution is 1.03. The summed E-state index contributed by atoms with van der Waals surface area (Å²) in [5, 5.41) is 0. The van der Waals surface area contributed by atoms with Crippen molar-refractivity contribution in [1.29, 1.82) is 0 Å². The Morgan fingerprint density at radius 3 is 1.25 bits per heavy atom. The van der Waals surface area contributed by atoms with E-state index in [0.717, 1.165) is 0 Å². The third-order valence-corrected chi connectivity index (χ3v) is 0. The predicted octanol–water partition coefficient (Wildman–Crippen LogP) is -4.20. The molecule has 0 radical (unpaired) electrons. The third kappa shape index (κ3) is 9.73. The van der Waals surface area contributed by atoms with Crippen molar-refractivity contribution in [2.75, 3.05) is 0 Å². The lowest BCUT2D eigenvalue weighted by Gasteiger charge is -1.34. The van der Waals surface area contributed by atoms with E-state index in [1.165, 1.54) is 0 Å². The van der Waals surface area contributed by atoms with Gasteiger partial charge in [0.15, 0.2) is 31.3 Å². The van der Waals surface area contributed by atoms with Gasteiger partial charge in [-0.25, -0.2) is 0 Å². The van der Waals surface area contributed by atoms with E-state index in [-0.39, 0.29) is 17.4 Å². The summed E-state index contributed by atoms with van der Waals surface area (Å²) < 4.78 is 0. The topological polar surface area (TPSA) is 0 Å². The highest BCUT2D eigenvalue weighted by molar-refractivity contribution is 7.17. The van der Waals surface area contributed by atoms with E-state index in [1.54, 1.807) is 17.6 Å². The van der Waals surface area contributed by atoms with Crippen molar-refractivity contribution in [2.45, 2.75) is 0 Å². The molecule has 0 bridgehead atoms. The van der Waals surface area contributed by atoms with Crippen LogP contribution in [-0.2, 0) is 0 Å². The minimum absolute atomic E-state index is 0. The van der Waals surface area contributed by atoms with Gasteiger partial charge in [-0.3, -0.25) is 0 Å². The predicted molar refractivity (Wildman–Crippen MR) is 37.0 cm³/mol. The van der Waals surface area contributed by atoms with E-state index in [1.807, 2.05) is 0 Å². The molecule has 0 aromatic carbocycles. The SMILES string of the molecule is [AlH3].[SiH3][AlH][SiH3]. The Kier molecular flexibility index (Phi) is 20.0. The molecular weight excluding hydrogens is 110 g/mol. The lowest BCUT2D eigenvalue weighted by Crippen LogP contribution is -1.79. The zero-order valence-corrected chi connectivity index (χ0v) is 8.12. The van der Waals surface area contributed by atoms with Crippen LogP contribution in [0, 0.1) is 0 Å². The van der Waals surface area contributed by atoms with Crippen molar-refractivity contribution in [3.8, 4) is 0 Å². The van der Waals surface area contributed by atoms with Crippen LogP contribution in [-0.4, -0.2) is 48.9 Å². The zero-order chi connectivity index (χ0) is 2.71. The number of rotatable bonds is 0. The zero-order valence-electron chi connectivity index (χ0n) is 2.71. The molecule has 0 spiro atoms. The second-order valence-corrected chi connectivity index (χ2v) is 19.1. The molecule has 0 nitrogen and oxygen atoms in total. The summed E-state index contributed by atoms with van der Waals surface area (Å²) in [5.41, 5.74) is 0. The summed E-state index contributed by atoms with van der Waals surface area (Å²) in [4.78, 5) is 0. The molecule has 0 N–H and O–H groups in total. The largest absolute Gasteiger partial charge is 0.199 e. The minimum Gasteiger partial charge on any atom is -0.0495 e. The van der Waals surface area contributed by atoms with Crippen molar-refractivity contribution in [3.63, 3.8) is 0 Å². The van der Waals surface area contributed by atoms with Gasteiger partial charge < -0.3 is 0 Å². The molecule has 0 rings (SSSR count). The van der Waals surface area contributed by atoms with Crippen molar-refractivity contribution >= 4 is 48.9 Å². The molecule has 0 aliphatic rings. The Labute approximate surface area is 48.9 Å². The monoisotopic (exact) mass is 120 g/mol. The first kappa shape index (κ1) is 9.09. The Balaban J connectivity index is 0. The molecule has 4 heavy (non-hydrogen) atoms. The second-order valence-electron chi connectivity index (χ2n) is 0.707. The van der Waals surface area contributed by atoms with Gasteiger partial charge in [0.25, 0.3) is 0 Å². The van der Waals surface area contributed by atoms with Crippen LogP contribution >= 0.6 is 0 Å². The van der Waals surface area contributed by atoms with Crippen molar-refractivity contribution in [2.24, 2.45) is 0 Å². The first-order chi connectivity index (χ1) is 1.41. The average Bonchev–Trinajstić information content (AvgIpc) is 0.918. The third-order valence-electron chi connectivity index (χ3n) is 0. The normalized spacial score (nSPS) is 5.00. The van der Waals surface area contributed by atoms with E-state index >= 15 is 0 Å². The van der Waals surface area contributed by atoms with Gasteiger partial charge in [-0.2, -0.15) is 0 Å². The van der Waals surface area contributed by atoms with Crippen LogP contribution in [0.25, 0.3) is 0 Å². The molecule has 0 aliphatic carbocycles. The molecule has 0 atom stereocenters. The average molecular weight is 120 g/mol. The minimum atomic E-state index is 0. The number of hydrogen-bond acceptors (Lipinski definition) is 0. The van der Waals surface area contributed by atoms with Crippen LogP contribution in [0.2, 0.25) is 0 Å². The lowest BCUT2D eigenvalue weighted by atomic mass is 26.0. The first-order valence-electron chi connectivity index (χ1n) is 1.41. The molecule has 0 amide bonds. The highest BCUT2D eigenvalue weighted by Gasteiger charge is 1.49. The van der Waals surface area contributed by atoms with Gasteiger partial charge in [0, 0.05) is 0 Å². The summed E-state index contributed by atoms with van der Waals surface area (Å²) in [6.45, 7) is 0. The molecule has 4 heteroatoms. The fourth-order valence-corrected chi connectivity index (χ4v) is 0. The smallest absolute Gasteiger partial charge is 0.0495 e. The summed E-state index contributed by atoms with van der Waals surface area (Å²) in [7, 11) is 3.14. The Bertz CT molecular complexity index is 4.00. The fourth-order valence-electron chi connectivity index (χ4n) is 0. The Morgan fingerprint density at radius 2 is 1.25 bits per heavy atom. The second kappa shape index (κ2) is 8.82. The maximum Gasteiger partial charge on any atom is 0.199 e. The van der Waals surface area contributed by atoms with Crippen molar-refractivity contribution < 1.29 is 0 Å². The summed E-state index contributed by atoms with van der Waals surface area (Å²) in [6.07, 6.45) is 0. The van der Waals surface area contributed by atoms with Gasteiger partial charge in [0.2, 0.25) is 0 Å². The molecule has 0 unspecified atom stereocenters. The molecule has 24 valence electrons. The van der Waals surface area contributed by atoms with Gasteiger partial charge in [0.05, 0.1) is 0 Å². The Hall–Kier alpha value is 1.50. The quantitative estimate of drug-likeness (QED) is 0.284. The van der Waals surface area contributed by atoms with Crippen LogP contribution in [0.5, 0.6) is 0 Å². The van der Waals surface area contributed by atoms with Gasteiger partial charge >= 0.3 is 0 Å². The maximum absolute atomic E-state index is 1.57. The van der Waals surface area contributed by atoms with Crippen LogP contribution in [0.3, 0.4) is 0 Å². The van der Waals surface area contributed by atoms with E-state index in [2.05, 4.69) is 0 Å². The van der Waals surface area contributed by atoms with E-state index < -0.39 is 0 Å². The van der Waals surface area contributed by atoms with E-state index in [4.69, 9.17) is 0 Å². The fraction of sp³-hybridized carbons (Fsp3) is 0. The van der Waals surface area contributed by atoms with Crippen LogP contribution < -0.4 is 0 Å². The molecule has 0 saturated heterocycles. The molecule has 0 heterocycles. The Morgan fingerprint density at radius 1 is 1.25 bits per heavy atom. The number of hydrogen-bond donors (Lipinski definition) is 0. The van der Waals surface area contributed by atoms with Crippen molar-refractivity contribution in [1.82, 2.24) is 0 Å². The molecule has 0 aromatic rings. The molecule has 0 aliphatic heterocycles. The molecular formula is H10Al2Si2. The summed E-state index contributed by atoms with van der Waals surface area (Å²) in [5.74, 6) is 0. The van der Waals surface area contributed by atoms with Crippen LogP contribution in [0.15, 0.2) is 0 Å². The highest BCUT2D eigenvalue weighted by atomic mass is 29.1. The summed E-state index contributed by atoms with van der Waals surface area (Å²) >= 11 is 0.694. The van der Waals surface area contributed by atoms with Crippen LogP contribution in [0.4, 0.5) is 0 Å². The maximum atomic E-state index is 1.57. The lowest BCUT2D eigenvalue weighted by molar-refractivity contribution is 4.34. The van der Waals surface area contributed by atoms with E-state index in [0.29, 0.717) is 13.9 Å². The van der Waals surface area contributed by atoms with Gasteiger partial charge in [-0.05, 0) is 17.6 Å². The van der Waals surface area contributed by atoms with Crippen molar-refractivity contribution in [3.05, 3.63) is 0 Å². The molecule has 0 fully saturated rings. The standard InChI is InChI=1S/2Al.2H3Si.4H/h;;2*1H3;;;;.